The summed E-state index contributed by atoms with van der Waals surface area (Å²) in [7, 11) is -4.41. The number of hydrogen-bond acceptors (Lipinski definition) is 7. The van der Waals surface area contributed by atoms with Crippen LogP contribution in [0, 0.1) is 0 Å². The Balaban J connectivity index is 4.40. The zero-order valence-corrected chi connectivity index (χ0v) is 15.3. The number of hydrogen-bond donors (Lipinski definition) is 0. The fraction of sp³-hybridized carbons (Fsp3) is 0.500. The first-order valence-electron chi connectivity index (χ1n) is 7.33. The molecule has 0 N–H and O–H groups in total. The maximum atomic E-state index is 13.4. The predicted octanol–water partition coefficient (Wildman–Crippen LogP) is 2.88. The van der Waals surface area contributed by atoms with Gasteiger partial charge in [0, 0.05) is 0 Å². The molecule has 1 aromatic rings. The Morgan fingerprint density at radius 2 is 1.36 bits per heavy atom. The third-order valence-electron chi connectivity index (χ3n) is 3.25. The van der Waals surface area contributed by atoms with Crippen molar-refractivity contribution in [1.82, 2.24) is 4.98 Å². The van der Waals surface area contributed by atoms with Gasteiger partial charge in [0.15, 0.2) is 21.2 Å². The Hall–Kier alpha value is -2.38. The maximum absolute atomic E-state index is 13.4. The molecule has 0 radical (unpaired) electrons. The maximum Gasteiger partial charge on any atom is 0.434 e. The van der Waals surface area contributed by atoms with E-state index in [4.69, 9.17) is 0 Å². The number of carbonyl (C=O) groups is 2. The molecule has 1 rings (SSSR count). The lowest BCUT2D eigenvalue weighted by molar-refractivity contribution is -0.151. The first kappa shape index (κ1) is 23.7. The van der Waals surface area contributed by atoms with Gasteiger partial charge in [-0.15, -0.1) is 0 Å². The number of methoxy groups -OCH3 is 1. The van der Waals surface area contributed by atoms with Crippen molar-refractivity contribution >= 4 is 21.8 Å². The van der Waals surface area contributed by atoms with Crippen LogP contribution in [0.2, 0.25) is 0 Å². The molecule has 0 saturated carbocycles. The second-order valence-corrected chi connectivity index (χ2v) is 7.21. The fourth-order valence-corrected chi connectivity index (χ4v) is 3.38. The molecular weight excluding hydrogens is 424 g/mol. The van der Waals surface area contributed by atoms with Gasteiger partial charge < -0.3 is 9.47 Å². The number of sulfone groups is 1. The highest BCUT2D eigenvalue weighted by atomic mass is 32.2. The van der Waals surface area contributed by atoms with Crippen LogP contribution in [0.5, 0.6) is 0 Å². The molecule has 0 fully saturated rings. The van der Waals surface area contributed by atoms with Gasteiger partial charge in [0.1, 0.15) is 16.0 Å². The van der Waals surface area contributed by atoms with E-state index in [-0.39, 0.29) is 0 Å². The number of carbonyl (C=O) groups excluding carboxylic acids is 2. The van der Waals surface area contributed by atoms with Crippen LogP contribution in [0.3, 0.4) is 0 Å². The van der Waals surface area contributed by atoms with Gasteiger partial charge in [0.2, 0.25) is 0 Å². The summed E-state index contributed by atoms with van der Waals surface area (Å²) in [5.74, 6) is -4.87. The van der Waals surface area contributed by atoms with Gasteiger partial charge in [-0.2, -0.15) is 26.3 Å². The largest absolute Gasteiger partial charge is 0.465 e. The van der Waals surface area contributed by atoms with E-state index < -0.39 is 73.9 Å². The fourth-order valence-electron chi connectivity index (χ4n) is 2.11. The Labute approximate surface area is 154 Å². The molecule has 0 atom stereocenters. The monoisotopic (exact) mass is 437 g/mol. The molecule has 0 bridgehead atoms. The highest BCUT2D eigenvalue weighted by molar-refractivity contribution is 7.91. The average Bonchev–Trinajstić information content (AvgIpc) is 2.57. The number of halogens is 6. The number of pyridine rings is 1. The van der Waals surface area contributed by atoms with E-state index in [9.17, 15) is 44.3 Å². The Morgan fingerprint density at radius 3 is 1.68 bits per heavy atom. The summed E-state index contributed by atoms with van der Waals surface area (Å²) < 4.78 is 113. The standard InChI is InChI=1S/C14H13F6NO6S/c1-4-27-12(23)7-8(28(24,25)5-2)6(11(22)26-3)9(13(15,16)17)21-10(7)14(18,19)20/h4-5H2,1-3H3. The van der Waals surface area contributed by atoms with Crippen LogP contribution >= 0.6 is 0 Å². The lowest BCUT2D eigenvalue weighted by Crippen LogP contribution is -2.29. The summed E-state index contributed by atoms with van der Waals surface area (Å²) in [4.78, 5) is 24.5. The van der Waals surface area contributed by atoms with Crippen LogP contribution in [-0.2, 0) is 31.7 Å². The second kappa shape index (κ2) is 7.93. The van der Waals surface area contributed by atoms with Crippen molar-refractivity contribution in [1.29, 1.82) is 0 Å². The predicted molar refractivity (Wildman–Crippen MR) is 79.3 cm³/mol. The van der Waals surface area contributed by atoms with Crippen molar-refractivity contribution in [3.63, 3.8) is 0 Å². The topological polar surface area (TPSA) is 99.6 Å². The average molecular weight is 437 g/mol. The summed E-state index contributed by atoms with van der Waals surface area (Å²) >= 11 is 0. The number of aromatic nitrogens is 1. The number of ether oxygens (including phenoxy) is 2. The van der Waals surface area contributed by atoms with E-state index in [0.29, 0.717) is 7.11 Å². The molecule has 158 valence electrons. The van der Waals surface area contributed by atoms with Crippen molar-refractivity contribution in [3.05, 3.63) is 22.5 Å². The molecule has 14 heteroatoms. The summed E-state index contributed by atoms with van der Waals surface area (Å²) in [6, 6.07) is 0. The second-order valence-electron chi connectivity index (χ2n) is 5.00. The lowest BCUT2D eigenvalue weighted by Gasteiger charge is -2.21. The first-order valence-corrected chi connectivity index (χ1v) is 8.99. The first-order chi connectivity index (χ1) is 12.6. The van der Waals surface area contributed by atoms with E-state index in [1.165, 1.54) is 0 Å². The molecule has 0 spiro atoms. The molecule has 1 aromatic heterocycles. The van der Waals surface area contributed by atoms with Gasteiger partial charge in [0.05, 0.1) is 19.5 Å². The highest BCUT2D eigenvalue weighted by Crippen LogP contribution is 2.41. The molecule has 1 heterocycles. The Kier molecular flexibility index (Phi) is 6.70. The molecule has 28 heavy (non-hydrogen) atoms. The third-order valence-corrected chi connectivity index (χ3v) is 5.04. The van der Waals surface area contributed by atoms with Crippen LogP contribution in [-0.4, -0.2) is 44.8 Å². The SMILES string of the molecule is CCOC(=O)c1c(C(F)(F)F)nc(C(F)(F)F)c(C(=O)OC)c1S(=O)(=O)CC. The minimum atomic E-state index is -5.67. The van der Waals surface area contributed by atoms with E-state index in [1.54, 1.807) is 0 Å². The summed E-state index contributed by atoms with van der Waals surface area (Å²) in [5.41, 5.74) is -8.54. The molecule has 0 amide bonds. The number of rotatable bonds is 5. The molecule has 0 unspecified atom stereocenters. The van der Waals surface area contributed by atoms with Crippen molar-refractivity contribution < 1.29 is 53.8 Å². The Bertz CT molecular complexity index is 891. The van der Waals surface area contributed by atoms with Gasteiger partial charge in [-0.05, 0) is 6.92 Å². The van der Waals surface area contributed by atoms with E-state index in [1.807, 2.05) is 0 Å². The normalized spacial score (nSPS) is 12.6. The summed E-state index contributed by atoms with van der Waals surface area (Å²) in [6.45, 7) is 1.53. The minimum Gasteiger partial charge on any atom is -0.465 e. The number of nitrogens with zero attached hydrogens (tertiary/aromatic N) is 1. The Morgan fingerprint density at radius 1 is 0.929 bits per heavy atom. The van der Waals surface area contributed by atoms with Crippen LogP contribution in [0.25, 0.3) is 0 Å². The van der Waals surface area contributed by atoms with Crippen molar-refractivity contribution in [3.8, 4) is 0 Å². The highest BCUT2D eigenvalue weighted by Gasteiger charge is 2.49. The van der Waals surface area contributed by atoms with Crippen molar-refractivity contribution in [2.75, 3.05) is 19.5 Å². The summed E-state index contributed by atoms with van der Waals surface area (Å²) in [6.07, 6.45) is -11.3. The van der Waals surface area contributed by atoms with Crippen LogP contribution < -0.4 is 0 Å². The molecule has 0 aromatic carbocycles. The van der Waals surface area contributed by atoms with Gasteiger partial charge >= 0.3 is 24.3 Å². The van der Waals surface area contributed by atoms with Gasteiger partial charge in [-0.1, -0.05) is 6.92 Å². The smallest absolute Gasteiger partial charge is 0.434 e. The lowest BCUT2D eigenvalue weighted by atomic mass is 10.1. The van der Waals surface area contributed by atoms with Crippen molar-refractivity contribution in [2.24, 2.45) is 0 Å². The molecule has 0 aliphatic heterocycles. The number of alkyl halides is 6. The summed E-state index contributed by atoms with van der Waals surface area (Å²) in [5, 5.41) is 0. The van der Waals surface area contributed by atoms with Crippen LogP contribution in [0.1, 0.15) is 46.0 Å². The molecule has 0 aliphatic carbocycles. The molecular formula is C14H13F6NO6S. The van der Waals surface area contributed by atoms with E-state index >= 15 is 0 Å². The van der Waals surface area contributed by atoms with Gasteiger partial charge in [-0.25, -0.2) is 23.0 Å². The van der Waals surface area contributed by atoms with Gasteiger partial charge in [0.25, 0.3) is 0 Å². The zero-order chi connectivity index (χ0) is 22.1. The van der Waals surface area contributed by atoms with Gasteiger partial charge in [-0.3, -0.25) is 0 Å². The third kappa shape index (κ3) is 4.54. The minimum absolute atomic E-state index is 0.531. The quantitative estimate of drug-likeness (QED) is 0.516. The van der Waals surface area contributed by atoms with Crippen LogP contribution in [0.15, 0.2) is 4.90 Å². The van der Waals surface area contributed by atoms with Crippen molar-refractivity contribution in [2.45, 2.75) is 31.1 Å². The molecule has 0 saturated heterocycles. The molecule has 0 aliphatic rings. The van der Waals surface area contributed by atoms with E-state index in [0.717, 1.165) is 13.8 Å². The zero-order valence-electron chi connectivity index (χ0n) is 14.5. The number of esters is 2. The van der Waals surface area contributed by atoms with E-state index in [2.05, 4.69) is 14.5 Å². The van der Waals surface area contributed by atoms with Crippen LogP contribution in [0.4, 0.5) is 26.3 Å². The molecule has 7 nitrogen and oxygen atoms in total.